The second-order valence-corrected chi connectivity index (χ2v) is 7.74. The zero-order valence-corrected chi connectivity index (χ0v) is 12.3. The lowest BCUT2D eigenvalue weighted by molar-refractivity contribution is -0.153. The molecule has 3 heteroatoms. The first-order chi connectivity index (χ1) is 8.86. The van der Waals surface area contributed by atoms with E-state index in [2.05, 4.69) is 6.07 Å². The molecule has 0 aromatic heterocycles. The molecule has 0 radical (unpaired) electrons. The van der Waals surface area contributed by atoms with Crippen LogP contribution in [0.25, 0.3) is 0 Å². The van der Waals surface area contributed by atoms with Gasteiger partial charge in [-0.3, -0.25) is 4.79 Å². The fourth-order valence-corrected chi connectivity index (χ4v) is 5.16. The van der Waals surface area contributed by atoms with Crippen molar-refractivity contribution < 1.29 is 4.79 Å². The van der Waals surface area contributed by atoms with Crippen LogP contribution in [0.2, 0.25) is 0 Å². The van der Waals surface area contributed by atoms with Crippen LogP contribution in [0.1, 0.15) is 52.4 Å². The van der Waals surface area contributed by atoms with E-state index in [0.29, 0.717) is 0 Å². The van der Waals surface area contributed by atoms with E-state index in [1.54, 1.807) is 13.8 Å². The number of carbonyl (C=O) groups is 1. The molecular weight excluding hydrogens is 236 g/mol. The molecule has 4 fully saturated rings. The van der Waals surface area contributed by atoms with Crippen LogP contribution in [0.5, 0.6) is 0 Å². The third-order valence-electron chi connectivity index (χ3n) is 5.84. The minimum absolute atomic E-state index is 0.0111. The molecule has 0 aromatic rings. The zero-order valence-electron chi connectivity index (χ0n) is 12.3. The molecule has 4 rings (SSSR count). The Morgan fingerprint density at radius 2 is 1.58 bits per heavy atom. The minimum Gasteiger partial charge on any atom is -0.339 e. The molecule has 1 amide bonds. The molecule has 0 aliphatic heterocycles. The Labute approximate surface area is 116 Å². The first-order valence-corrected chi connectivity index (χ1v) is 7.56. The normalized spacial score (nSPS) is 40.0. The minimum atomic E-state index is -0.891. The van der Waals surface area contributed by atoms with Gasteiger partial charge in [-0.15, -0.1) is 0 Å². The lowest BCUT2D eigenvalue weighted by Crippen LogP contribution is -2.61. The molecule has 0 spiro atoms. The van der Waals surface area contributed by atoms with E-state index in [0.717, 1.165) is 17.8 Å². The number of rotatable bonds is 2. The van der Waals surface area contributed by atoms with Crippen molar-refractivity contribution in [2.24, 2.45) is 23.2 Å². The van der Waals surface area contributed by atoms with Crippen molar-refractivity contribution in [1.82, 2.24) is 4.90 Å². The number of nitrogens with zero attached hydrogens (tertiary/aromatic N) is 2. The average Bonchev–Trinajstić information content (AvgIpc) is 2.35. The van der Waals surface area contributed by atoms with E-state index in [1.807, 2.05) is 11.9 Å². The van der Waals surface area contributed by atoms with Crippen molar-refractivity contribution in [3.8, 4) is 6.07 Å². The number of amides is 1. The van der Waals surface area contributed by atoms with Crippen molar-refractivity contribution in [3.63, 3.8) is 0 Å². The lowest BCUT2D eigenvalue weighted by atomic mass is 9.52. The third kappa shape index (κ3) is 1.88. The maximum Gasteiger partial charge on any atom is 0.242 e. The average molecular weight is 260 g/mol. The van der Waals surface area contributed by atoms with Crippen LogP contribution >= 0.6 is 0 Å². The molecule has 4 aliphatic carbocycles. The van der Waals surface area contributed by atoms with Gasteiger partial charge >= 0.3 is 0 Å². The monoisotopic (exact) mass is 260 g/mol. The Morgan fingerprint density at radius 3 is 1.95 bits per heavy atom. The molecule has 4 bridgehead atoms. The van der Waals surface area contributed by atoms with Crippen LogP contribution in [0, 0.1) is 34.5 Å². The van der Waals surface area contributed by atoms with E-state index in [-0.39, 0.29) is 11.4 Å². The fraction of sp³-hybridized carbons (Fsp3) is 0.875. The maximum absolute atomic E-state index is 12.6. The van der Waals surface area contributed by atoms with E-state index in [4.69, 9.17) is 0 Å². The molecule has 0 heterocycles. The van der Waals surface area contributed by atoms with Crippen LogP contribution in [-0.2, 0) is 4.79 Å². The third-order valence-corrected chi connectivity index (χ3v) is 5.84. The Kier molecular flexibility index (Phi) is 2.71. The SMILES string of the molecule is CN(C(=O)C(C)(C)C#N)C12CC3CC(CC(C3)C1)C2. The number of carbonyl (C=O) groups excluding carboxylic acids is 1. The molecule has 0 atom stereocenters. The van der Waals surface area contributed by atoms with Crippen LogP contribution in [0.4, 0.5) is 0 Å². The van der Waals surface area contributed by atoms with Crippen LogP contribution in [0.15, 0.2) is 0 Å². The Hall–Kier alpha value is -1.04. The summed E-state index contributed by atoms with van der Waals surface area (Å²) in [5.41, 5.74) is -0.821. The summed E-state index contributed by atoms with van der Waals surface area (Å²) in [6.07, 6.45) is 7.64. The van der Waals surface area contributed by atoms with Gasteiger partial charge in [0.2, 0.25) is 5.91 Å². The predicted octanol–water partition coefficient (Wildman–Crippen LogP) is 2.96. The number of nitriles is 1. The highest BCUT2D eigenvalue weighted by atomic mass is 16.2. The van der Waals surface area contributed by atoms with E-state index < -0.39 is 5.41 Å². The first kappa shape index (κ1) is 13.0. The molecule has 0 saturated heterocycles. The molecule has 4 saturated carbocycles. The molecule has 19 heavy (non-hydrogen) atoms. The summed E-state index contributed by atoms with van der Waals surface area (Å²) in [6.45, 7) is 3.48. The van der Waals surface area contributed by atoms with Gasteiger partial charge in [-0.05, 0) is 70.1 Å². The van der Waals surface area contributed by atoms with Gasteiger partial charge < -0.3 is 4.90 Å². The summed E-state index contributed by atoms with van der Waals surface area (Å²) < 4.78 is 0. The number of hydrogen-bond donors (Lipinski definition) is 0. The van der Waals surface area contributed by atoms with Crippen LogP contribution < -0.4 is 0 Å². The van der Waals surface area contributed by atoms with Gasteiger partial charge in [0, 0.05) is 12.6 Å². The molecule has 4 aliphatic rings. The summed E-state index contributed by atoms with van der Waals surface area (Å²) in [6, 6.07) is 2.16. The smallest absolute Gasteiger partial charge is 0.242 e. The molecule has 0 N–H and O–H groups in total. The second kappa shape index (κ2) is 3.98. The molecule has 0 aromatic carbocycles. The summed E-state index contributed by atoms with van der Waals surface area (Å²) in [5, 5.41) is 9.20. The summed E-state index contributed by atoms with van der Waals surface area (Å²) in [7, 11) is 1.94. The highest BCUT2D eigenvalue weighted by Gasteiger charge is 2.54. The lowest BCUT2D eigenvalue weighted by Gasteiger charge is -2.60. The quantitative estimate of drug-likeness (QED) is 0.766. The predicted molar refractivity (Wildman–Crippen MR) is 73.1 cm³/mol. The zero-order chi connectivity index (χ0) is 13.8. The molecule has 3 nitrogen and oxygen atoms in total. The number of hydrogen-bond acceptors (Lipinski definition) is 2. The highest BCUT2D eigenvalue weighted by Crippen LogP contribution is 2.57. The van der Waals surface area contributed by atoms with Crippen molar-refractivity contribution in [2.45, 2.75) is 57.9 Å². The van der Waals surface area contributed by atoms with Crippen molar-refractivity contribution in [2.75, 3.05) is 7.05 Å². The molecule has 0 unspecified atom stereocenters. The van der Waals surface area contributed by atoms with Crippen LogP contribution in [0.3, 0.4) is 0 Å². The topological polar surface area (TPSA) is 44.1 Å². The second-order valence-electron chi connectivity index (χ2n) is 7.74. The first-order valence-electron chi connectivity index (χ1n) is 7.56. The van der Waals surface area contributed by atoms with E-state index in [9.17, 15) is 10.1 Å². The molecule has 104 valence electrons. The van der Waals surface area contributed by atoms with E-state index >= 15 is 0 Å². The summed E-state index contributed by atoms with van der Waals surface area (Å²) in [5.74, 6) is 2.49. The van der Waals surface area contributed by atoms with Crippen molar-refractivity contribution in [1.29, 1.82) is 5.26 Å². The van der Waals surface area contributed by atoms with Crippen LogP contribution in [-0.4, -0.2) is 23.4 Å². The van der Waals surface area contributed by atoms with Crippen molar-refractivity contribution in [3.05, 3.63) is 0 Å². The van der Waals surface area contributed by atoms with Gasteiger partial charge in [0.1, 0.15) is 5.41 Å². The van der Waals surface area contributed by atoms with Gasteiger partial charge in [0.05, 0.1) is 6.07 Å². The maximum atomic E-state index is 12.6. The standard InChI is InChI=1S/C16H24N2O/c1-15(2,10-17)14(19)18(3)16-7-11-4-12(8-16)6-13(5-11)9-16/h11-13H,4-9H2,1-3H3. The highest BCUT2D eigenvalue weighted by molar-refractivity contribution is 5.85. The van der Waals surface area contributed by atoms with Gasteiger partial charge in [0.25, 0.3) is 0 Å². The van der Waals surface area contributed by atoms with Gasteiger partial charge in [0.15, 0.2) is 0 Å². The van der Waals surface area contributed by atoms with Crippen molar-refractivity contribution >= 4 is 5.91 Å². The fourth-order valence-electron chi connectivity index (χ4n) is 5.16. The Morgan fingerprint density at radius 1 is 1.16 bits per heavy atom. The summed E-state index contributed by atoms with van der Waals surface area (Å²) >= 11 is 0. The Bertz CT molecular complexity index is 411. The van der Waals surface area contributed by atoms with Gasteiger partial charge in [-0.1, -0.05) is 0 Å². The van der Waals surface area contributed by atoms with Gasteiger partial charge in [-0.2, -0.15) is 5.26 Å². The largest absolute Gasteiger partial charge is 0.339 e. The Balaban J connectivity index is 1.86. The summed E-state index contributed by atoms with van der Waals surface area (Å²) in [4.78, 5) is 14.6. The van der Waals surface area contributed by atoms with Gasteiger partial charge in [-0.25, -0.2) is 0 Å². The van der Waals surface area contributed by atoms with E-state index in [1.165, 1.54) is 38.5 Å². The molecular formula is C16H24N2O.